The molecule has 2 heterocycles. The first kappa shape index (κ1) is 16.1. The average Bonchev–Trinajstić information content (AvgIpc) is 3.11. The van der Waals surface area contributed by atoms with E-state index in [0.717, 1.165) is 28.5 Å². The average molecular weight is 344 g/mol. The van der Waals surface area contributed by atoms with Gasteiger partial charge in [0.05, 0.1) is 18.3 Å². The van der Waals surface area contributed by atoms with Crippen LogP contribution in [0.1, 0.15) is 12.1 Å². The standard InChI is InChI=1S/C21H20N4O/c1-3-14(15-8-5-4-6-9-15)12-16-13-18-17-10-7-11-19(26-2)20(17)23-21(22)25(18)24-16/h3-8,10-11,13H,1,9,12H2,2H3,(H2,22,23)/b15-14+. The van der Waals surface area contributed by atoms with Gasteiger partial charge in [0.2, 0.25) is 5.95 Å². The zero-order valence-corrected chi connectivity index (χ0v) is 14.6. The van der Waals surface area contributed by atoms with Crippen LogP contribution in [0.3, 0.4) is 0 Å². The number of nitrogens with two attached hydrogens (primary N) is 1. The maximum Gasteiger partial charge on any atom is 0.222 e. The first-order valence-electron chi connectivity index (χ1n) is 8.49. The molecule has 3 aromatic rings. The van der Waals surface area contributed by atoms with E-state index in [4.69, 9.17) is 10.5 Å². The van der Waals surface area contributed by atoms with Gasteiger partial charge >= 0.3 is 0 Å². The van der Waals surface area contributed by atoms with Crippen LogP contribution < -0.4 is 10.5 Å². The Labute approximate surface area is 151 Å². The Kier molecular flexibility index (Phi) is 4.05. The SMILES string of the molecule is C=C/C(Cc1cc2c3cccc(OC)c3nc(N)n2n1)=C1/C=CC=CC1. The van der Waals surface area contributed by atoms with Crippen molar-refractivity contribution in [3.05, 3.63) is 78.1 Å². The van der Waals surface area contributed by atoms with Gasteiger partial charge in [-0.3, -0.25) is 0 Å². The molecule has 1 aliphatic rings. The molecular weight excluding hydrogens is 324 g/mol. The summed E-state index contributed by atoms with van der Waals surface area (Å²) in [5.74, 6) is 1.05. The maximum atomic E-state index is 6.15. The third-order valence-corrected chi connectivity index (χ3v) is 4.61. The highest BCUT2D eigenvalue weighted by Gasteiger charge is 2.14. The number of ether oxygens (including phenoxy) is 1. The van der Waals surface area contributed by atoms with Crippen LogP contribution in [0.15, 0.2) is 72.4 Å². The Balaban J connectivity index is 1.84. The Morgan fingerprint density at radius 2 is 2.27 bits per heavy atom. The predicted octanol–water partition coefficient (Wildman–Crippen LogP) is 4.01. The van der Waals surface area contributed by atoms with Gasteiger partial charge in [0, 0.05) is 11.8 Å². The third kappa shape index (κ3) is 2.67. The number of anilines is 1. The molecule has 0 atom stereocenters. The second kappa shape index (κ2) is 6.52. The van der Waals surface area contributed by atoms with Gasteiger partial charge in [-0.2, -0.15) is 9.61 Å². The second-order valence-electron chi connectivity index (χ2n) is 6.18. The molecule has 2 N–H and O–H groups in total. The lowest BCUT2D eigenvalue weighted by Crippen LogP contribution is -2.03. The molecule has 5 nitrogen and oxygen atoms in total. The van der Waals surface area contributed by atoms with Crippen molar-refractivity contribution in [2.45, 2.75) is 12.8 Å². The van der Waals surface area contributed by atoms with Crippen LogP contribution in [0.2, 0.25) is 0 Å². The number of hydrogen-bond donors (Lipinski definition) is 1. The molecule has 0 amide bonds. The summed E-state index contributed by atoms with van der Waals surface area (Å²) >= 11 is 0. The first-order chi connectivity index (χ1) is 12.7. The fourth-order valence-corrected chi connectivity index (χ4v) is 3.32. The lowest BCUT2D eigenvalue weighted by molar-refractivity contribution is 0.419. The molecule has 2 aromatic heterocycles. The van der Waals surface area contributed by atoms with E-state index in [2.05, 4.69) is 41.0 Å². The first-order valence-corrected chi connectivity index (χ1v) is 8.49. The summed E-state index contributed by atoms with van der Waals surface area (Å²) in [7, 11) is 1.63. The van der Waals surface area contributed by atoms with Gasteiger partial charge in [-0.05, 0) is 29.7 Å². The molecule has 0 fully saturated rings. The number of methoxy groups -OCH3 is 1. The predicted molar refractivity (Wildman–Crippen MR) is 105 cm³/mol. The van der Waals surface area contributed by atoms with Crippen molar-refractivity contribution in [1.29, 1.82) is 0 Å². The minimum Gasteiger partial charge on any atom is -0.494 e. The molecule has 4 rings (SSSR count). The molecule has 0 unspecified atom stereocenters. The smallest absolute Gasteiger partial charge is 0.222 e. The number of nitrogen functional groups attached to an aromatic ring is 1. The van der Waals surface area contributed by atoms with Gasteiger partial charge < -0.3 is 10.5 Å². The van der Waals surface area contributed by atoms with E-state index >= 15 is 0 Å². The molecule has 0 aliphatic heterocycles. The van der Waals surface area contributed by atoms with Gasteiger partial charge in [0.25, 0.3) is 0 Å². The normalized spacial score (nSPS) is 15.6. The Hall–Kier alpha value is -3.34. The number of para-hydroxylation sites is 1. The summed E-state index contributed by atoms with van der Waals surface area (Å²) in [6.45, 7) is 3.97. The summed E-state index contributed by atoms with van der Waals surface area (Å²) in [5, 5.41) is 5.63. The second-order valence-corrected chi connectivity index (χ2v) is 6.18. The van der Waals surface area contributed by atoms with Crippen LogP contribution in [-0.4, -0.2) is 21.7 Å². The highest BCUT2D eigenvalue weighted by Crippen LogP contribution is 2.29. The van der Waals surface area contributed by atoms with Gasteiger partial charge in [-0.25, -0.2) is 4.98 Å². The van der Waals surface area contributed by atoms with E-state index in [1.165, 1.54) is 11.1 Å². The molecule has 1 aliphatic carbocycles. The number of hydrogen-bond acceptors (Lipinski definition) is 4. The molecule has 0 saturated heterocycles. The maximum absolute atomic E-state index is 6.15. The molecular formula is C21H20N4O. The zero-order chi connectivity index (χ0) is 18.1. The van der Waals surface area contributed by atoms with Gasteiger partial charge in [0.15, 0.2) is 0 Å². The van der Waals surface area contributed by atoms with Crippen molar-refractivity contribution in [1.82, 2.24) is 14.6 Å². The molecule has 0 saturated carbocycles. The monoisotopic (exact) mass is 344 g/mol. The highest BCUT2D eigenvalue weighted by atomic mass is 16.5. The molecule has 130 valence electrons. The van der Waals surface area contributed by atoms with E-state index in [-0.39, 0.29) is 0 Å². The van der Waals surface area contributed by atoms with Crippen molar-refractivity contribution >= 4 is 22.4 Å². The Morgan fingerprint density at radius 3 is 3.00 bits per heavy atom. The highest BCUT2D eigenvalue weighted by molar-refractivity contribution is 5.97. The summed E-state index contributed by atoms with van der Waals surface area (Å²) in [5.41, 5.74) is 11.2. The third-order valence-electron chi connectivity index (χ3n) is 4.61. The van der Waals surface area contributed by atoms with E-state index in [0.29, 0.717) is 18.1 Å². The summed E-state index contributed by atoms with van der Waals surface area (Å²) in [6, 6.07) is 7.90. The Bertz CT molecular complexity index is 1100. The summed E-state index contributed by atoms with van der Waals surface area (Å²) < 4.78 is 7.11. The van der Waals surface area contributed by atoms with Gasteiger partial charge in [-0.1, -0.05) is 49.1 Å². The van der Waals surface area contributed by atoms with Gasteiger partial charge in [-0.15, -0.1) is 0 Å². The fraction of sp³-hybridized carbons (Fsp3) is 0.143. The molecule has 1 aromatic carbocycles. The molecule has 26 heavy (non-hydrogen) atoms. The van der Waals surface area contributed by atoms with Crippen LogP contribution in [0.25, 0.3) is 16.4 Å². The fourth-order valence-electron chi connectivity index (χ4n) is 3.32. The van der Waals surface area contributed by atoms with Crippen molar-refractivity contribution in [2.24, 2.45) is 0 Å². The van der Waals surface area contributed by atoms with Crippen molar-refractivity contribution in [3.63, 3.8) is 0 Å². The Morgan fingerprint density at radius 1 is 1.38 bits per heavy atom. The van der Waals surface area contributed by atoms with Gasteiger partial charge in [0.1, 0.15) is 11.3 Å². The molecule has 0 spiro atoms. The summed E-state index contributed by atoms with van der Waals surface area (Å²) in [6.07, 6.45) is 11.9. The number of allylic oxidation sites excluding steroid dienone is 7. The van der Waals surface area contributed by atoms with Crippen molar-refractivity contribution in [2.75, 3.05) is 12.8 Å². The van der Waals surface area contributed by atoms with E-state index < -0.39 is 0 Å². The topological polar surface area (TPSA) is 65.4 Å². The molecule has 5 heteroatoms. The number of benzene rings is 1. The molecule has 0 bridgehead atoms. The number of aromatic nitrogens is 3. The van der Waals surface area contributed by atoms with Crippen LogP contribution in [-0.2, 0) is 6.42 Å². The van der Waals surface area contributed by atoms with Crippen LogP contribution in [0.5, 0.6) is 5.75 Å². The van der Waals surface area contributed by atoms with E-state index in [9.17, 15) is 0 Å². The van der Waals surface area contributed by atoms with Crippen molar-refractivity contribution < 1.29 is 4.74 Å². The van der Waals surface area contributed by atoms with Crippen LogP contribution in [0, 0.1) is 0 Å². The lowest BCUT2D eigenvalue weighted by atomic mass is 9.98. The quantitative estimate of drug-likeness (QED) is 0.776. The zero-order valence-electron chi connectivity index (χ0n) is 14.6. The van der Waals surface area contributed by atoms with Crippen LogP contribution in [0.4, 0.5) is 5.95 Å². The minimum absolute atomic E-state index is 0.344. The lowest BCUT2D eigenvalue weighted by Gasteiger charge is -2.08. The summed E-state index contributed by atoms with van der Waals surface area (Å²) in [4.78, 5) is 4.48. The van der Waals surface area contributed by atoms with Crippen LogP contribution >= 0.6 is 0 Å². The van der Waals surface area contributed by atoms with E-state index in [1.54, 1.807) is 11.6 Å². The van der Waals surface area contributed by atoms with Crippen molar-refractivity contribution in [3.8, 4) is 5.75 Å². The number of nitrogens with zero attached hydrogens (tertiary/aromatic N) is 3. The number of fused-ring (bicyclic) bond motifs is 3. The molecule has 0 radical (unpaired) electrons. The largest absolute Gasteiger partial charge is 0.494 e. The number of rotatable bonds is 4. The van der Waals surface area contributed by atoms with E-state index in [1.807, 2.05) is 30.4 Å². The minimum atomic E-state index is 0.344.